The van der Waals surface area contributed by atoms with E-state index in [2.05, 4.69) is 5.32 Å². The average Bonchev–Trinajstić information content (AvgIpc) is 2.59. The second-order valence-corrected chi connectivity index (χ2v) is 8.40. The quantitative estimate of drug-likeness (QED) is 0.824. The molecule has 1 amide bonds. The maximum absolute atomic E-state index is 14.5. The molecule has 0 aromatic heterocycles. The molecule has 0 atom stereocenters. The van der Waals surface area contributed by atoms with Gasteiger partial charge in [0.1, 0.15) is 11.4 Å². The minimum Gasteiger partial charge on any atom is -0.444 e. The molecular formula is C18H27BFNO4. The molecule has 2 rings (SSSR count). The number of aryl methyl sites for hydroxylation is 1. The second-order valence-electron chi connectivity index (χ2n) is 8.40. The van der Waals surface area contributed by atoms with E-state index >= 15 is 0 Å². The highest BCUT2D eigenvalue weighted by molar-refractivity contribution is 6.62. The zero-order valence-corrected chi connectivity index (χ0v) is 16.2. The molecule has 1 aliphatic rings. The van der Waals surface area contributed by atoms with Crippen LogP contribution in [0.25, 0.3) is 0 Å². The van der Waals surface area contributed by atoms with Crippen molar-refractivity contribution in [1.82, 2.24) is 0 Å². The molecule has 1 N–H and O–H groups in total. The van der Waals surface area contributed by atoms with Gasteiger partial charge in [0.05, 0.1) is 11.2 Å². The summed E-state index contributed by atoms with van der Waals surface area (Å²) in [5.41, 5.74) is -0.479. The molecule has 7 heteroatoms. The third-order valence-electron chi connectivity index (χ3n) is 4.49. The van der Waals surface area contributed by atoms with Crippen LogP contribution < -0.4 is 10.8 Å². The Morgan fingerprint density at radius 1 is 1.16 bits per heavy atom. The van der Waals surface area contributed by atoms with E-state index < -0.39 is 35.8 Å². The SMILES string of the molecule is Cc1cc(F)c(B2OC(C)(C)C(C)(C)O2)cc1NC(=O)OC(C)(C)C. The summed E-state index contributed by atoms with van der Waals surface area (Å²) in [6, 6.07) is 2.89. The standard InChI is InChI=1S/C18H27BFNO4/c1-11-9-13(20)12(19-24-17(5,6)18(7,8)25-19)10-14(11)21-15(22)23-16(2,3)4/h9-10H,1-8H3,(H,21,22). The zero-order valence-electron chi connectivity index (χ0n) is 16.2. The number of carbonyl (C=O) groups excluding carboxylic acids is 1. The Morgan fingerprint density at radius 3 is 2.16 bits per heavy atom. The summed E-state index contributed by atoms with van der Waals surface area (Å²) >= 11 is 0. The van der Waals surface area contributed by atoms with Crippen molar-refractivity contribution in [1.29, 1.82) is 0 Å². The minimum atomic E-state index is -0.843. The Bertz CT molecular complexity index is 666. The highest BCUT2D eigenvalue weighted by atomic mass is 19.1. The molecule has 1 saturated heterocycles. The number of nitrogens with one attached hydrogen (secondary N) is 1. The molecule has 1 aromatic carbocycles. The number of hydrogen-bond donors (Lipinski definition) is 1. The summed E-state index contributed by atoms with van der Waals surface area (Å²) in [5, 5.41) is 2.66. The van der Waals surface area contributed by atoms with Crippen LogP contribution in [0.15, 0.2) is 12.1 Å². The number of anilines is 1. The molecule has 0 spiro atoms. The molecule has 138 valence electrons. The molecule has 1 aliphatic heterocycles. The monoisotopic (exact) mass is 351 g/mol. The summed E-state index contributed by atoms with van der Waals surface area (Å²) in [6.07, 6.45) is -0.595. The van der Waals surface area contributed by atoms with Crippen LogP contribution in [-0.4, -0.2) is 30.0 Å². The molecule has 1 aromatic rings. The number of rotatable bonds is 2. The Morgan fingerprint density at radius 2 is 1.68 bits per heavy atom. The van der Waals surface area contributed by atoms with Gasteiger partial charge in [-0.1, -0.05) is 0 Å². The normalized spacial score (nSPS) is 19.0. The maximum Gasteiger partial charge on any atom is 0.497 e. The van der Waals surface area contributed by atoms with E-state index in [4.69, 9.17) is 14.0 Å². The molecule has 0 bridgehead atoms. The van der Waals surface area contributed by atoms with Crippen LogP contribution in [0.5, 0.6) is 0 Å². The lowest BCUT2D eigenvalue weighted by Gasteiger charge is -2.32. The van der Waals surface area contributed by atoms with Crippen LogP contribution >= 0.6 is 0 Å². The Kier molecular flexibility index (Phi) is 4.96. The number of hydrogen-bond acceptors (Lipinski definition) is 4. The number of halogens is 1. The maximum atomic E-state index is 14.5. The van der Waals surface area contributed by atoms with Gasteiger partial charge in [-0.3, -0.25) is 5.32 Å². The van der Waals surface area contributed by atoms with Gasteiger partial charge in [0, 0.05) is 11.2 Å². The zero-order chi connectivity index (χ0) is 19.2. The van der Waals surface area contributed by atoms with Gasteiger partial charge in [-0.05, 0) is 73.1 Å². The highest BCUT2D eigenvalue weighted by Crippen LogP contribution is 2.37. The average molecular weight is 351 g/mol. The molecule has 5 nitrogen and oxygen atoms in total. The number of ether oxygens (including phenoxy) is 1. The lowest BCUT2D eigenvalue weighted by Crippen LogP contribution is -2.41. The smallest absolute Gasteiger partial charge is 0.444 e. The molecule has 0 saturated carbocycles. The van der Waals surface area contributed by atoms with Crippen LogP contribution in [0.4, 0.5) is 14.9 Å². The summed E-state index contributed by atoms with van der Waals surface area (Å²) in [7, 11) is -0.843. The lowest BCUT2D eigenvalue weighted by atomic mass is 9.78. The van der Waals surface area contributed by atoms with Crippen molar-refractivity contribution < 1.29 is 23.2 Å². The first-order valence-electron chi connectivity index (χ1n) is 8.37. The number of carbonyl (C=O) groups is 1. The van der Waals surface area contributed by atoms with Crippen molar-refractivity contribution >= 4 is 24.4 Å². The highest BCUT2D eigenvalue weighted by Gasteiger charge is 2.52. The van der Waals surface area contributed by atoms with Gasteiger partial charge in [0.25, 0.3) is 0 Å². The first kappa shape index (κ1) is 19.7. The van der Waals surface area contributed by atoms with E-state index in [-0.39, 0.29) is 5.46 Å². The van der Waals surface area contributed by atoms with Gasteiger partial charge < -0.3 is 14.0 Å². The molecule has 0 unspecified atom stereocenters. The van der Waals surface area contributed by atoms with Crippen molar-refractivity contribution in [2.45, 2.75) is 72.2 Å². The molecule has 1 heterocycles. The van der Waals surface area contributed by atoms with Crippen LogP contribution in [0.3, 0.4) is 0 Å². The van der Waals surface area contributed by atoms with E-state index in [9.17, 15) is 9.18 Å². The van der Waals surface area contributed by atoms with Crippen LogP contribution in [0.2, 0.25) is 0 Å². The first-order valence-corrected chi connectivity index (χ1v) is 8.37. The predicted octanol–water partition coefficient (Wildman–Crippen LogP) is 3.78. The van der Waals surface area contributed by atoms with Gasteiger partial charge >= 0.3 is 13.2 Å². The van der Waals surface area contributed by atoms with Crippen molar-refractivity contribution in [3.05, 3.63) is 23.5 Å². The fourth-order valence-corrected chi connectivity index (χ4v) is 2.39. The Labute approximate surface area is 149 Å². The van der Waals surface area contributed by atoms with Gasteiger partial charge in [-0.15, -0.1) is 0 Å². The van der Waals surface area contributed by atoms with E-state index in [1.165, 1.54) is 12.1 Å². The summed E-state index contributed by atoms with van der Waals surface area (Å²) in [4.78, 5) is 12.0. The molecule has 0 aliphatic carbocycles. The van der Waals surface area contributed by atoms with Gasteiger partial charge in [-0.25, -0.2) is 9.18 Å². The minimum absolute atomic E-state index is 0.246. The molecule has 25 heavy (non-hydrogen) atoms. The first-order chi connectivity index (χ1) is 11.2. The molecule has 0 radical (unpaired) electrons. The third kappa shape index (κ3) is 4.33. The van der Waals surface area contributed by atoms with E-state index in [0.29, 0.717) is 11.3 Å². The van der Waals surface area contributed by atoms with Crippen molar-refractivity contribution in [2.24, 2.45) is 0 Å². The Hall–Kier alpha value is -1.60. The van der Waals surface area contributed by atoms with Crippen molar-refractivity contribution in [3.8, 4) is 0 Å². The van der Waals surface area contributed by atoms with Crippen molar-refractivity contribution in [3.63, 3.8) is 0 Å². The van der Waals surface area contributed by atoms with Crippen molar-refractivity contribution in [2.75, 3.05) is 5.32 Å². The summed E-state index contributed by atoms with van der Waals surface area (Å²) in [5.74, 6) is -0.439. The van der Waals surface area contributed by atoms with E-state index in [1.807, 2.05) is 27.7 Å². The van der Waals surface area contributed by atoms with Crippen LogP contribution in [-0.2, 0) is 14.0 Å². The largest absolute Gasteiger partial charge is 0.497 e. The topological polar surface area (TPSA) is 56.8 Å². The van der Waals surface area contributed by atoms with Gasteiger partial charge in [-0.2, -0.15) is 0 Å². The van der Waals surface area contributed by atoms with Gasteiger partial charge in [0.2, 0.25) is 0 Å². The third-order valence-corrected chi connectivity index (χ3v) is 4.49. The second kappa shape index (κ2) is 6.29. The Balaban J connectivity index is 2.28. The number of benzene rings is 1. The van der Waals surface area contributed by atoms with Gasteiger partial charge in [0.15, 0.2) is 0 Å². The van der Waals surface area contributed by atoms with Crippen LogP contribution in [0, 0.1) is 12.7 Å². The number of amides is 1. The molecular weight excluding hydrogens is 324 g/mol. The fourth-order valence-electron chi connectivity index (χ4n) is 2.39. The lowest BCUT2D eigenvalue weighted by molar-refractivity contribution is 0.00578. The van der Waals surface area contributed by atoms with E-state index in [0.717, 1.165) is 0 Å². The fraction of sp³-hybridized carbons (Fsp3) is 0.611. The van der Waals surface area contributed by atoms with Crippen LogP contribution in [0.1, 0.15) is 54.0 Å². The summed E-state index contributed by atoms with van der Waals surface area (Å²) < 4.78 is 31.6. The molecule has 1 fully saturated rings. The van der Waals surface area contributed by atoms with E-state index in [1.54, 1.807) is 27.7 Å². The predicted molar refractivity (Wildman–Crippen MR) is 96.7 cm³/mol. The summed E-state index contributed by atoms with van der Waals surface area (Å²) in [6.45, 7) is 14.7.